The van der Waals surface area contributed by atoms with E-state index in [2.05, 4.69) is 19.2 Å². The molecular weight excluding hydrogens is 239 g/mol. The molecule has 0 aliphatic carbocycles. The van der Waals surface area contributed by atoms with Crippen molar-refractivity contribution in [3.05, 3.63) is 35.4 Å². The van der Waals surface area contributed by atoms with Gasteiger partial charge in [0, 0.05) is 18.0 Å². The monoisotopic (exact) mass is 257 g/mol. The average Bonchev–Trinajstić information content (AvgIpc) is 2.69. The van der Waals surface area contributed by atoms with Gasteiger partial charge in [0.2, 0.25) is 0 Å². The van der Waals surface area contributed by atoms with Crippen molar-refractivity contribution in [2.45, 2.75) is 50.9 Å². The van der Waals surface area contributed by atoms with Gasteiger partial charge in [0.15, 0.2) is 0 Å². The maximum Gasteiger partial charge on any atom is 0.416 e. The van der Waals surface area contributed by atoms with Crippen LogP contribution in [0.4, 0.5) is 13.2 Å². The summed E-state index contributed by atoms with van der Waals surface area (Å²) in [5, 5.41) is 3.43. The van der Waals surface area contributed by atoms with Gasteiger partial charge in [-0.05, 0) is 31.4 Å². The number of nitrogens with one attached hydrogen (secondary N) is 1. The number of halogens is 3. The third-order valence-electron chi connectivity index (χ3n) is 3.67. The van der Waals surface area contributed by atoms with Crippen molar-refractivity contribution < 1.29 is 13.2 Å². The van der Waals surface area contributed by atoms with Crippen LogP contribution in [0.15, 0.2) is 24.3 Å². The molecule has 1 heterocycles. The molecule has 1 aliphatic rings. The van der Waals surface area contributed by atoms with E-state index in [0.717, 1.165) is 24.5 Å². The molecule has 2 rings (SSSR count). The van der Waals surface area contributed by atoms with Crippen LogP contribution in [0.5, 0.6) is 0 Å². The zero-order valence-corrected chi connectivity index (χ0v) is 10.6. The van der Waals surface area contributed by atoms with Crippen molar-refractivity contribution in [3.8, 4) is 0 Å². The first-order valence-electron chi connectivity index (χ1n) is 6.35. The van der Waals surface area contributed by atoms with Crippen LogP contribution in [-0.2, 0) is 6.18 Å². The van der Waals surface area contributed by atoms with Crippen molar-refractivity contribution in [2.24, 2.45) is 0 Å². The van der Waals surface area contributed by atoms with Crippen molar-refractivity contribution in [2.75, 3.05) is 0 Å². The maximum atomic E-state index is 12.7. The zero-order valence-electron chi connectivity index (χ0n) is 10.6. The molecule has 0 aromatic heterocycles. The molecule has 0 saturated carbocycles. The topological polar surface area (TPSA) is 12.0 Å². The Balaban J connectivity index is 2.28. The fraction of sp³-hybridized carbons (Fsp3) is 0.571. The minimum absolute atomic E-state index is 0.187. The van der Waals surface area contributed by atoms with E-state index in [1.165, 1.54) is 12.1 Å². The van der Waals surface area contributed by atoms with Gasteiger partial charge in [0.25, 0.3) is 0 Å². The van der Waals surface area contributed by atoms with Crippen molar-refractivity contribution in [1.29, 1.82) is 0 Å². The molecule has 1 aliphatic heterocycles. The highest BCUT2D eigenvalue weighted by molar-refractivity contribution is 5.30. The summed E-state index contributed by atoms with van der Waals surface area (Å²) >= 11 is 0. The minimum atomic E-state index is -4.25. The Labute approximate surface area is 105 Å². The molecule has 100 valence electrons. The summed E-state index contributed by atoms with van der Waals surface area (Å²) in [6.45, 7) is 4.15. The number of hydrogen-bond acceptors (Lipinski definition) is 1. The second-order valence-corrected chi connectivity index (χ2v) is 5.05. The molecule has 4 heteroatoms. The van der Waals surface area contributed by atoms with Gasteiger partial charge in [-0.1, -0.05) is 25.1 Å². The van der Waals surface area contributed by atoms with Crippen molar-refractivity contribution in [3.63, 3.8) is 0 Å². The first-order chi connectivity index (χ1) is 8.41. The SMILES string of the molecule is CCC1NC(C)CC1c1cccc(C(F)(F)F)c1. The lowest BCUT2D eigenvalue weighted by molar-refractivity contribution is -0.137. The number of benzene rings is 1. The molecule has 0 spiro atoms. The Kier molecular flexibility index (Phi) is 3.66. The molecule has 1 aromatic rings. The van der Waals surface area contributed by atoms with E-state index in [-0.39, 0.29) is 12.0 Å². The standard InChI is InChI=1S/C14H18F3N/c1-3-13-12(7-9(2)18-13)10-5-4-6-11(8-10)14(15,16)17/h4-6,8-9,12-13,18H,3,7H2,1-2H3. The van der Waals surface area contributed by atoms with Crippen LogP contribution in [0.2, 0.25) is 0 Å². The van der Waals surface area contributed by atoms with E-state index >= 15 is 0 Å². The molecule has 18 heavy (non-hydrogen) atoms. The first kappa shape index (κ1) is 13.4. The van der Waals surface area contributed by atoms with E-state index in [1.54, 1.807) is 0 Å². The fourth-order valence-electron chi connectivity index (χ4n) is 2.81. The Morgan fingerprint density at radius 1 is 1.33 bits per heavy atom. The summed E-state index contributed by atoms with van der Waals surface area (Å²) in [6, 6.07) is 6.40. The Morgan fingerprint density at radius 2 is 2.06 bits per heavy atom. The van der Waals surface area contributed by atoms with Crippen LogP contribution >= 0.6 is 0 Å². The highest BCUT2D eigenvalue weighted by Crippen LogP contribution is 2.36. The van der Waals surface area contributed by atoms with Gasteiger partial charge in [0.1, 0.15) is 0 Å². The average molecular weight is 257 g/mol. The van der Waals surface area contributed by atoms with Crippen LogP contribution in [0.25, 0.3) is 0 Å². The van der Waals surface area contributed by atoms with E-state index in [9.17, 15) is 13.2 Å². The Morgan fingerprint density at radius 3 is 2.67 bits per heavy atom. The molecule has 0 amide bonds. The van der Waals surface area contributed by atoms with E-state index in [1.807, 2.05) is 6.07 Å². The van der Waals surface area contributed by atoms with Crippen LogP contribution in [-0.4, -0.2) is 12.1 Å². The third kappa shape index (κ3) is 2.69. The van der Waals surface area contributed by atoms with E-state index in [4.69, 9.17) is 0 Å². The van der Waals surface area contributed by atoms with E-state index < -0.39 is 11.7 Å². The lowest BCUT2D eigenvalue weighted by atomic mass is 9.89. The Bertz CT molecular complexity index is 414. The van der Waals surface area contributed by atoms with Crippen LogP contribution in [0, 0.1) is 0 Å². The number of rotatable bonds is 2. The second-order valence-electron chi connectivity index (χ2n) is 5.05. The summed E-state index contributed by atoms with van der Waals surface area (Å²) in [4.78, 5) is 0. The molecule has 3 atom stereocenters. The molecule has 0 bridgehead atoms. The highest BCUT2D eigenvalue weighted by atomic mass is 19.4. The van der Waals surface area contributed by atoms with Crippen LogP contribution in [0.3, 0.4) is 0 Å². The molecule has 1 aromatic carbocycles. The van der Waals surface area contributed by atoms with Gasteiger partial charge in [-0.25, -0.2) is 0 Å². The quantitative estimate of drug-likeness (QED) is 0.846. The smallest absolute Gasteiger partial charge is 0.311 e. The van der Waals surface area contributed by atoms with Crippen LogP contribution < -0.4 is 5.32 Å². The lowest BCUT2D eigenvalue weighted by Gasteiger charge is -2.19. The predicted molar refractivity (Wildman–Crippen MR) is 65.5 cm³/mol. The van der Waals surface area contributed by atoms with Gasteiger partial charge in [-0.3, -0.25) is 0 Å². The number of hydrogen-bond donors (Lipinski definition) is 1. The summed E-state index contributed by atoms with van der Waals surface area (Å²) in [6.07, 6.45) is -2.42. The lowest BCUT2D eigenvalue weighted by Crippen LogP contribution is -2.28. The summed E-state index contributed by atoms with van der Waals surface area (Å²) in [7, 11) is 0. The first-order valence-corrected chi connectivity index (χ1v) is 6.35. The normalized spacial score (nSPS) is 28.6. The molecule has 3 unspecified atom stereocenters. The molecule has 1 fully saturated rings. The van der Waals surface area contributed by atoms with Gasteiger partial charge >= 0.3 is 6.18 Å². The fourth-order valence-corrected chi connectivity index (χ4v) is 2.81. The molecule has 0 radical (unpaired) electrons. The molecule has 1 saturated heterocycles. The van der Waals surface area contributed by atoms with Crippen LogP contribution in [0.1, 0.15) is 43.7 Å². The molecule has 1 nitrogen and oxygen atoms in total. The highest BCUT2D eigenvalue weighted by Gasteiger charge is 2.34. The van der Waals surface area contributed by atoms with Crippen molar-refractivity contribution in [1.82, 2.24) is 5.32 Å². The second kappa shape index (κ2) is 4.92. The van der Waals surface area contributed by atoms with Gasteiger partial charge in [0.05, 0.1) is 5.56 Å². The summed E-state index contributed by atoms with van der Waals surface area (Å²) in [5.74, 6) is 0.187. The van der Waals surface area contributed by atoms with Crippen molar-refractivity contribution >= 4 is 0 Å². The van der Waals surface area contributed by atoms with Gasteiger partial charge in [-0.15, -0.1) is 0 Å². The molecule has 1 N–H and O–H groups in total. The minimum Gasteiger partial charge on any atom is -0.311 e. The zero-order chi connectivity index (χ0) is 13.3. The van der Waals surface area contributed by atoms with Gasteiger partial charge < -0.3 is 5.32 Å². The van der Waals surface area contributed by atoms with Gasteiger partial charge in [-0.2, -0.15) is 13.2 Å². The third-order valence-corrected chi connectivity index (χ3v) is 3.67. The summed E-state index contributed by atoms with van der Waals surface area (Å²) < 4.78 is 38.1. The Hall–Kier alpha value is -1.03. The summed E-state index contributed by atoms with van der Waals surface area (Å²) in [5.41, 5.74) is 0.253. The molecular formula is C14H18F3N. The van der Waals surface area contributed by atoms with E-state index in [0.29, 0.717) is 6.04 Å². The maximum absolute atomic E-state index is 12.7. The number of alkyl halides is 3. The predicted octanol–water partition coefficient (Wildman–Crippen LogP) is 3.95. The largest absolute Gasteiger partial charge is 0.416 e.